The molecule has 2 aliphatic rings. The second kappa shape index (κ2) is 8.96. The molecule has 1 N–H and O–H groups in total. The van der Waals surface area contributed by atoms with Gasteiger partial charge in [0, 0.05) is 49.3 Å². The fourth-order valence-corrected chi connectivity index (χ4v) is 4.81. The molecule has 1 aromatic carbocycles. The zero-order chi connectivity index (χ0) is 19.4. The first-order valence-corrected chi connectivity index (χ1v) is 10.4. The van der Waals surface area contributed by atoms with Crippen LogP contribution in [0.4, 0.5) is 5.69 Å². The van der Waals surface area contributed by atoms with Crippen LogP contribution in [-0.4, -0.2) is 38.3 Å². The summed E-state index contributed by atoms with van der Waals surface area (Å²) in [6.45, 7) is 7.87. The maximum Gasteiger partial charge on any atom is 0.217 e. The molecule has 0 aromatic heterocycles. The van der Waals surface area contributed by atoms with Crippen molar-refractivity contribution in [1.29, 1.82) is 0 Å². The van der Waals surface area contributed by atoms with E-state index in [0.29, 0.717) is 5.92 Å². The van der Waals surface area contributed by atoms with Gasteiger partial charge in [0.05, 0.1) is 19.3 Å². The van der Waals surface area contributed by atoms with Crippen LogP contribution < -0.4 is 15.0 Å². The minimum absolute atomic E-state index is 0.0399. The van der Waals surface area contributed by atoms with Crippen LogP contribution in [-0.2, 0) is 9.53 Å². The average molecular weight is 375 g/mol. The molecule has 2 fully saturated rings. The predicted octanol–water partition coefficient (Wildman–Crippen LogP) is 4.07. The van der Waals surface area contributed by atoms with Crippen LogP contribution in [0.1, 0.15) is 64.5 Å². The summed E-state index contributed by atoms with van der Waals surface area (Å²) in [5, 5.41) is 3.20. The molecule has 150 valence electrons. The molecule has 1 heterocycles. The lowest BCUT2D eigenvalue weighted by molar-refractivity contribution is -0.131. The van der Waals surface area contributed by atoms with Crippen molar-refractivity contribution in [3.05, 3.63) is 23.8 Å². The van der Waals surface area contributed by atoms with E-state index in [9.17, 15) is 4.79 Å². The summed E-state index contributed by atoms with van der Waals surface area (Å²) in [6, 6.07) is 6.60. The Morgan fingerprint density at radius 3 is 2.67 bits per heavy atom. The van der Waals surface area contributed by atoms with Gasteiger partial charge in [-0.3, -0.25) is 4.79 Å². The first-order chi connectivity index (χ1) is 13.1. The van der Waals surface area contributed by atoms with Gasteiger partial charge in [0.1, 0.15) is 5.75 Å². The molecular formula is C22H34N2O3. The van der Waals surface area contributed by atoms with E-state index in [-0.39, 0.29) is 24.2 Å². The molecule has 1 aliphatic heterocycles. The first-order valence-electron chi connectivity index (χ1n) is 10.4. The van der Waals surface area contributed by atoms with Crippen molar-refractivity contribution in [3.63, 3.8) is 0 Å². The van der Waals surface area contributed by atoms with Crippen LogP contribution in [0.2, 0.25) is 0 Å². The molecule has 27 heavy (non-hydrogen) atoms. The molecule has 0 radical (unpaired) electrons. The summed E-state index contributed by atoms with van der Waals surface area (Å²) < 4.78 is 12.3. The van der Waals surface area contributed by atoms with Gasteiger partial charge in [-0.1, -0.05) is 18.9 Å². The highest BCUT2D eigenvalue weighted by Crippen LogP contribution is 2.44. The van der Waals surface area contributed by atoms with E-state index in [1.54, 1.807) is 14.0 Å². The van der Waals surface area contributed by atoms with Gasteiger partial charge in [-0.2, -0.15) is 0 Å². The van der Waals surface area contributed by atoms with Crippen molar-refractivity contribution in [2.45, 2.75) is 71.1 Å². The average Bonchev–Trinajstić information content (AvgIpc) is 2.68. The van der Waals surface area contributed by atoms with Crippen LogP contribution in [0.3, 0.4) is 0 Å². The number of ether oxygens (including phenoxy) is 2. The van der Waals surface area contributed by atoms with E-state index < -0.39 is 0 Å². The Balaban J connectivity index is 1.86. The van der Waals surface area contributed by atoms with Crippen molar-refractivity contribution < 1.29 is 14.3 Å². The SMILES string of the molecule is CCN(CC)c1ccc([C@H]2C[C@@H](NC(C)=O)[C@@H]3CCCC[C@H]3O2)c(OC)c1. The number of hydrogen-bond acceptors (Lipinski definition) is 4. The molecule has 4 atom stereocenters. The van der Waals surface area contributed by atoms with E-state index in [1.807, 2.05) is 0 Å². The van der Waals surface area contributed by atoms with E-state index in [4.69, 9.17) is 9.47 Å². The summed E-state index contributed by atoms with van der Waals surface area (Å²) in [4.78, 5) is 14.1. The van der Waals surface area contributed by atoms with E-state index in [2.05, 4.69) is 42.3 Å². The lowest BCUT2D eigenvalue weighted by atomic mass is 9.76. The van der Waals surface area contributed by atoms with Gasteiger partial charge in [0.15, 0.2) is 0 Å². The van der Waals surface area contributed by atoms with E-state index >= 15 is 0 Å². The lowest BCUT2D eigenvalue weighted by Crippen LogP contribution is -2.50. The van der Waals surface area contributed by atoms with Gasteiger partial charge in [0.25, 0.3) is 0 Å². The minimum Gasteiger partial charge on any atom is -0.496 e. The number of methoxy groups -OCH3 is 1. The van der Waals surface area contributed by atoms with Crippen molar-refractivity contribution in [2.24, 2.45) is 5.92 Å². The van der Waals surface area contributed by atoms with E-state index in [0.717, 1.165) is 43.7 Å². The second-order valence-corrected chi connectivity index (χ2v) is 7.75. The van der Waals surface area contributed by atoms with Crippen LogP contribution in [0, 0.1) is 5.92 Å². The number of carbonyl (C=O) groups is 1. The summed E-state index contributed by atoms with van der Waals surface area (Å²) in [6.07, 6.45) is 5.65. The molecule has 0 bridgehead atoms. The molecule has 1 aliphatic carbocycles. The third-order valence-electron chi connectivity index (χ3n) is 6.16. The van der Waals surface area contributed by atoms with Gasteiger partial charge in [-0.05, 0) is 39.2 Å². The van der Waals surface area contributed by atoms with Gasteiger partial charge in [-0.15, -0.1) is 0 Å². The smallest absolute Gasteiger partial charge is 0.217 e. The number of fused-ring (bicyclic) bond motifs is 1. The zero-order valence-electron chi connectivity index (χ0n) is 17.2. The summed E-state index contributed by atoms with van der Waals surface area (Å²) >= 11 is 0. The number of nitrogens with zero attached hydrogens (tertiary/aromatic N) is 1. The highest BCUT2D eigenvalue weighted by atomic mass is 16.5. The Bertz CT molecular complexity index is 644. The Kier molecular flexibility index (Phi) is 6.64. The Hall–Kier alpha value is -1.75. The van der Waals surface area contributed by atoms with Crippen LogP contribution >= 0.6 is 0 Å². The number of nitrogens with one attached hydrogen (secondary N) is 1. The summed E-state index contributed by atoms with van der Waals surface area (Å²) in [5.41, 5.74) is 2.26. The standard InChI is InChI=1S/C22H34N2O3/c1-5-24(6-2)16-11-12-18(21(13-16)26-4)22-14-19(23-15(3)25)17-9-7-8-10-20(17)27-22/h11-13,17,19-20,22H,5-10,14H2,1-4H3,(H,23,25)/t17-,19+,20+,22+/m0/s1. The van der Waals surface area contributed by atoms with Gasteiger partial charge >= 0.3 is 0 Å². The molecule has 5 nitrogen and oxygen atoms in total. The Labute approximate surface area is 163 Å². The molecule has 3 rings (SSSR count). The fraction of sp³-hybridized carbons (Fsp3) is 0.682. The van der Waals surface area contributed by atoms with Crippen LogP contribution in [0.5, 0.6) is 5.75 Å². The van der Waals surface area contributed by atoms with Gasteiger partial charge < -0.3 is 19.7 Å². The lowest BCUT2D eigenvalue weighted by Gasteiger charge is -2.45. The van der Waals surface area contributed by atoms with Gasteiger partial charge in [-0.25, -0.2) is 0 Å². The molecule has 1 aromatic rings. The minimum atomic E-state index is -0.0399. The predicted molar refractivity (Wildman–Crippen MR) is 108 cm³/mol. The topological polar surface area (TPSA) is 50.8 Å². The molecule has 1 saturated carbocycles. The third kappa shape index (κ3) is 4.40. The third-order valence-corrected chi connectivity index (χ3v) is 6.16. The van der Waals surface area contributed by atoms with Crippen molar-refractivity contribution >= 4 is 11.6 Å². The number of amides is 1. The first kappa shape index (κ1) is 20.0. The second-order valence-electron chi connectivity index (χ2n) is 7.75. The number of rotatable bonds is 6. The monoisotopic (exact) mass is 374 g/mol. The quantitative estimate of drug-likeness (QED) is 0.816. The number of carbonyl (C=O) groups excluding carboxylic acids is 1. The van der Waals surface area contributed by atoms with E-state index in [1.165, 1.54) is 18.5 Å². The summed E-state index contributed by atoms with van der Waals surface area (Å²) in [7, 11) is 1.72. The van der Waals surface area contributed by atoms with Crippen LogP contribution in [0.15, 0.2) is 18.2 Å². The molecule has 0 unspecified atom stereocenters. The van der Waals surface area contributed by atoms with Gasteiger partial charge in [0.2, 0.25) is 5.91 Å². The fourth-order valence-electron chi connectivity index (χ4n) is 4.81. The maximum atomic E-state index is 11.8. The Morgan fingerprint density at radius 1 is 1.26 bits per heavy atom. The number of hydrogen-bond donors (Lipinski definition) is 1. The number of benzene rings is 1. The van der Waals surface area contributed by atoms with Crippen molar-refractivity contribution in [2.75, 3.05) is 25.1 Å². The normalized spacial score (nSPS) is 27.6. The zero-order valence-corrected chi connectivity index (χ0v) is 17.2. The number of anilines is 1. The molecular weight excluding hydrogens is 340 g/mol. The largest absolute Gasteiger partial charge is 0.496 e. The van der Waals surface area contributed by atoms with Crippen molar-refractivity contribution in [1.82, 2.24) is 5.32 Å². The Morgan fingerprint density at radius 2 is 2.00 bits per heavy atom. The molecule has 5 heteroatoms. The summed E-state index contributed by atoms with van der Waals surface area (Å²) in [5.74, 6) is 1.36. The molecule has 1 amide bonds. The van der Waals surface area contributed by atoms with Crippen molar-refractivity contribution in [3.8, 4) is 5.75 Å². The maximum absolute atomic E-state index is 11.8. The molecule has 0 spiro atoms. The van der Waals surface area contributed by atoms with Crippen LogP contribution in [0.25, 0.3) is 0 Å². The molecule has 1 saturated heterocycles. The highest BCUT2D eigenvalue weighted by Gasteiger charge is 2.41. The highest BCUT2D eigenvalue weighted by molar-refractivity contribution is 5.73.